The smallest absolute Gasteiger partial charge is 0.310 e. The monoisotopic (exact) mass is 447 g/mol. The zero-order valence-electron chi connectivity index (χ0n) is 16.9. The summed E-state index contributed by atoms with van der Waals surface area (Å²) in [7, 11) is 1.58. The van der Waals surface area contributed by atoms with Gasteiger partial charge in [-0.1, -0.05) is 11.6 Å². The Morgan fingerprint density at radius 3 is 2.47 bits per heavy atom. The average molecular weight is 448 g/mol. The van der Waals surface area contributed by atoms with E-state index in [1.807, 2.05) is 19.1 Å². The van der Waals surface area contributed by atoms with Crippen LogP contribution in [0.5, 0.6) is 5.75 Å². The van der Waals surface area contributed by atoms with E-state index in [-0.39, 0.29) is 18.3 Å². The Bertz CT molecular complexity index is 1060. The molecule has 3 aromatic rings. The fourth-order valence-corrected chi connectivity index (χ4v) is 3.69. The van der Waals surface area contributed by atoms with Crippen LogP contribution in [0.4, 0.5) is 0 Å². The van der Waals surface area contributed by atoms with E-state index in [4.69, 9.17) is 32.7 Å². The maximum Gasteiger partial charge on any atom is 0.310 e. The van der Waals surface area contributed by atoms with Gasteiger partial charge in [0.2, 0.25) is 0 Å². The number of methoxy groups -OCH3 is 1. The molecule has 7 heteroatoms. The van der Waals surface area contributed by atoms with Crippen molar-refractivity contribution in [3.63, 3.8) is 0 Å². The van der Waals surface area contributed by atoms with Crippen LogP contribution in [0.2, 0.25) is 5.02 Å². The van der Waals surface area contributed by atoms with Crippen LogP contribution in [0.3, 0.4) is 0 Å². The normalized spacial score (nSPS) is 10.9. The lowest BCUT2D eigenvalue weighted by Crippen LogP contribution is -2.14. The van der Waals surface area contributed by atoms with Gasteiger partial charge in [-0.25, -0.2) is 0 Å². The second-order valence-corrected chi connectivity index (χ2v) is 7.70. The van der Waals surface area contributed by atoms with Gasteiger partial charge < -0.3 is 9.47 Å². The van der Waals surface area contributed by atoms with Crippen LogP contribution in [0.15, 0.2) is 42.5 Å². The molecule has 0 fully saturated rings. The largest absolute Gasteiger partial charge is 0.497 e. The molecule has 0 N–H and O–H groups in total. The topological polar surface area (TPSA) is 57.5 Å². The summed E-state index contributed by atoms with van der Waals surface area (Å²) in [6.45, 7) is 2.16. The lowest BCUT2D eigenvalue weighted by atomic mass is 10.1. The van der Waals surface area contributed by atoms with Gasteiger partial charge in [-0.2, -0.15) is 0 Å². The third kappa shape index (κ3) is 4.79. The molecule has 0 atom stereocenters. The predicted octanol–water partition coefficient (Wildman–Crippen LogP) is 5.40. The van der Waals surface area contributed by atoms with E-state index in [1.165, 1.54) is 0 Å². The number of carbonyl (C=O) groups is 2. The minimum atomic E-state index is -0.339. The van der Waals surface area contributed by atoms with Crippen molar-refractivity contribution in [3.8, 4) is 5.75 Å². The fraction of sp³-hybridized carbons (Fsp3) is 0.304. The number of nitrogens with zero attached hydrogens (tertiary/aromatic N) is 1. The second kappa shape index (κ2) is 10.0. The van der Waals surface area contributed by atoms with Crippen molar-refractivity contribution in [1.82, 2.24) is 4.57 Å². The number of ether oxygens (including phenoxy) is 2. The lowest BCUT2D eigenvalue weighted by Gasteiger charge is -2.08. The van der Waals surface area contributed by atoms with E-state index < -0.39 is 0 Å². The van der Waals surface area contributed by atoms with Gasteiger partial charge in [-0.3, -0.25) is 14.2 Å². The van der Waals surface area contributed by atoms with E-state index >= 15 is 0 Å². The third-order valence-electron chi connectivity index (χ3n) is 4.95. The highest BCUT2D eigenvalue weighted by molar-refractivity contribution is 6.30. The van der Waals surface area contributed by atoms with Gasteiger partial charge in [0.05, 0.1) is 25.7 Å². The maximum absolute atomic E-state index is 13.2. The summed E-state index contributed by atoms with van der Waals surface area (Å²) in [5.74, 6) is 0.654. The molecule has 0 aliphatic heterocycles. The first-order valence-electron chi connectivity index (χ1n) is 9.66. The lowest BCUT2D eigenvalue weighted by molar-refractivity contribution is -0.142. The molecule has 0 spiro atoms. The number of hydrogen-bond donors (Lipinski definition) is 0. The summed E-state index contributed by atoms with van der Waals surface area (Å²) >= 11 is 11.6. The molecule has 0 radical (unpaired) electrons. The van der Waals surface area contributed by atoms with Gasteiger partial charge in [0.1, 0.15) is 5.75 Å². The Morgan fingerprint density at radius 1 is 1.07 bits per heavy atom. The number of rotatable bonds is 8. The van der Waals surface area contributed by atoms with Gasteiger partial charge in [0, 0.05) is 27.5 Å². The van der Waals surface area contributed by atoms with Crippen molar-refractivity contribution < 1.29 is 19.1 Å². The standard InChI is InChI=1S/C23H23Cl2NO4/c1-15-19(14-22(27)30-12-4-3-11-24)20-13-18(29-2)9-10-21(20)26(15)23(28)16-5-7-17(25)8-6-16/h5-10,13H,3-4,11-12,14H2,1-2H3. The van der Waals surface area contributed by atoms with E-state index in [2.05, 4.69) is 0 Å². The molecule has 30 heavy (non-hydrogen) atoms. The first-order chi connectivity index (χ1) is 14.5. The number of benzene rings is 2. The minimum Gasteiger partial charge on any atom is -0.497 e. The van der Waals surface area contributed by atoms with Crippen LogP contribution in [0, 0.1) is 6.92 Å². The zero-order valence-corrected chi connectivity index (χ0v) is 18.4. The van der Waals surface area contributed by atoms with Gasteiger partial charge in [0.25, 0.3) is 5.91 Å². The third-order valence-corrected chi connectivity index (χ3v) is 5.47. The Kier molecular flexibility index (Phi) is 7.40. The Labute approximate surface area is 185 Å². The summed E-state index contributed by atoms with van der Waals surface area (Å²) in [6.07, 6.45) is 1.58. The summed E-state index contributed by atoms with van der Waals surface area (Å²) in [4.78, 5) is 25.7. The SMILES string of the molecule is COc1ccc2c(c1)c(CC(=O)OCCCCCl)c(C)n2C(=O)c1ccc(Cl)cc1. The first kappa shape index (κ1) is 22.2. The van der Waals surface area contributed by atoms with Crippen molar-refractivity contribution in [2.45, 2.75) is 26.2 Å². The van der Waals surface area contributed by atoms with Crippen molar-refractivity contribution >= 4 is 46.0 Å². The molecule has 0 saturated carbocycles. The molecule has 0 aliphatic carbocycles. The highest BCUT2D eigenvalue weighted by Gasteiger charge is 2.22. The van der Waals surface area contributed by atoms with Crippen molar-refractivity contribution in [1.29, 1.82) is 0 Å². The molecule has 0 bridgehead atoms. The van der Waals surface area contributed by atoms with Crippen LogP contribution in [-0.4, -0.2) is 36.0 Å². The number of aromatic nitrogens is 1. The Balaban J connectivity index is 1.99. The van der Waals surface area contributed by atoms with Crippen molar-refractivity contribution in [3.05, 3.63) is 64.3 Å². The highest BCUT2D eigenvalue weighted by Crippen LogP contribution is 2.31. The van der Waals surface area contributed by atoms with E-state index in [9.17, 15) is 9.59 Å². The molecule has 0 amide bonds. The first-order valence-corrected chi connectivity index (χ1v) is 10.6. The summed E-state index contributed by atoms with van der Waals surface area (Å²) in [5, 5.41) is 1.34. The number of fused-ring (bicyclic) bond motifs is 1. The van der Waals surface area contributed by atoms with Crippen molar-refractivity contribution in [2.24, 2.45) is 0 Å². The number of halogens is 2. The summed E-state index contributed by atoms with van der Waals surface area (Å²) < 4.78 is 12.3. The predicted molar refractivity (Wildman–Crippen MR) is 119 cm³/mol. The van der Waals surface area contributed by atoms with Gasteiger partial charge in [-0.05, 0) is 67.8 Å². The molecule has 158 valence electrons. The Hall–Kier alpha value is -2.50. The molecule has 1 aromatic heterocycles. The van der Waals surface area contributed by atoms with Crippen LogP contribution < -0.4 is 4.74 Å². The molecule has 0 unspecified atom stereocenters. The molecule has 1 heterocycles. The number of esters is 1. The zero-order chi connectivity index (χ0) is 21.7. The minimum absolute atomic E-state index is 0.0667. The molecule has 2 aromatic carbocycles. The quantitative estimate of drug-likeness (QED) is 0.263. The number of hydrogen-bond acceptors (Lipinski definition) is 4. The van der Waals surface area contributed by atoms with Gasteiger partial charge in [0.15, 0.2) is 0 Å². The number of carbonyl (C=O) groups excluding carboxylic acids is 2. The van der Waals surface area contributed by atoms with Gasteiger partial charge in [-0.15, -0.1) is 11.6 Å². The summed E-state index contributed by atoms with van der Waals surface area (Å²) in [5.41, 5.74) is 2.65. The van der Waals surface area contributed by atoms with E-state index in [1.54, 1.807) is 42.0 Å². The molecular weight excluding hydrogens is 425 g/mol. The Morgan fingerprint density at radius 2 is 1.80 bits per heavy atom. The second-order valence-electron chi connectivity index (χ2n) is 6.89. The molecular formula is C23H23Cl2NO4. The molecule has 0 saturated heterocycles. The molecule has 5 nitrogen and oxygen atoms in total. The average Bonchev–Trinajstić information content (AvgIpc) is 3.02. The summed E-state index contributed by atoms with van der Waals surface area (Å²) in [6, 6.07) is 12.2. The van der Waals surface area contributed by atoms with E-state index in [0.29, 0.717) is 40.0 Å². The van der Waals surface area contributed by atoms with Crippen LogP contribution in [0.1, 0.15) is 34.5 Å². The fourth-order valence-electron chi connectivity index (χ4n) is 3.37. The molecule has 0 aliphatic rings. The maximum atomic E-state index is 13.2. The van der Waals surface area contributed by atoms with Crippen molar-refractivity contribution in [2.75, 3.05) is 19.6 Å². The van der Waals surface area contributed by atoms with Gasteiger partial charge >= 0.3 is 5.97 Å². The van der Waals surface area contributed by atoms with Crippen LogP contribution >= 0.6 is 23.2 Å². The highest BCUT2D eigenvalue weighted by atomic mass is 35.5. The van der Waals surface area contributed by atoms with E-state index in [0.717, 1.165) is 23.8 Å². The number of unbranched alkanes of at least 4 members (excludes halogenated alkanes) is 1. The number of alkyl halides is 1. The molecule has 3 rings (SSSR count). The van der Waals surface area contributed by atoms with Crippen LogP contribution in [-0.2, 0) is 16.0 Å². The van der Waals surface area contributed by atoms with Crippen LogP contribution in [0.25, 0.3) is 10.9 Å².